The highest BCUT2D eigenvalue weighted by Crippen LogP contribution is 2.23. The zero-order chi connectivity index (χ0) is 25.6. The zero-order valence-electron chi connectivity index (χ0n) is 20.0. The number of fused-ring (bicyclic) bond motifs is 1. The second kappa shape index (κ2) is 11.4. The van der Waals surface area contributed by atoms with Crippen LogP contribution in [0.25, 0.3) is 10.2 Å². The highest BCUT2D eigenvalue weighted by Gasteiger charge is 2.24. The second-order valence-electron chi connectivity index (χ2n) is 8.10. The summed E-state index contributed by atoms with van der Waals surface area (Å²) in [6, 6.07) is 13.7. The lowest BCUT2D eigenvalue weighted by atomic mass is 10.1. The summed E-state index contributed by atoms with van der Waals surface area (Å²) >= 11 is 1.46. The first-order valence-electron chi connectivity index (χ1n) is 11.3. The Kier molecular flexibility index (Phi) is 8.57. The number of rotatable bonds is 9. The molecule has 0 aliphatic rings. The second-order valence-corrected chi connectivity index (χ2v) is 11.0. The first kappa shape index (κ1) is 26.3. The number of carbonyl (C=O) groups is 1. The number of hydrogen-bond donors (Lipinski definition) is 0. The van der Waals surface area contributed by atoms with E-state index in [0.29, 0.717) is 4.80 Å². The Hall–Kier alpha value is -3.31. The summed E-state index contributed by atoms with van der Waals surface area (Å²) in [7, 11) is -3.90. The van der Waals surface area contributed by atoms with Gasteiger partial charge in [0, 0.05) is 38.0 Å². The minimum Gasteiger partial charge on any atom is -0.316 e. The molecule has 0 atom stereocenters. The maximum absolute atomic E-state index is 13.0. The maximum Gasteiger partial charge on any atom is 0.279 e. The molecule has 1 amide bonds. The molecular formula is C25H27N5O3S2. The third kappa shape index (κ3) is 5.85. The third-order valence-corrected chi connectivity index (χ3v) is 8.58. The molecule has 0 radical (unpaired) electrons. The number of sulfonamides is 1. The summed E-state index contributed by atoms with van der Waals surface area (Å²) in [5.41, 5.74) is 3.67. The first-order chi connectivity index (χ1) is 16.7. The minimum atomic E-state index is -3.90. The van der Waals surface area contributed by atoms with Gasteiger partial charge < -0.3 is 4.57 Å². The lowest BCUT2D eigenvalue weighted by Gasteiger charge is -2.20. The quantitative estimate of drug-likeness (QED) is 0.426. The van der Waals surface area contributed by atoms with E-state index in [1.54, 1.807) is 0 Å². The maximum atomic E-state index is 13.0. The molecule has 0 unspecified atom stereocenters. The van der Waals surface area contributed by atoms with Gasteiger partial charge in [-0.05, 0) is 67.8 Å². The number of thiazole rings is 1. The molecule has 2 aromatic carbocycles. The number of hydrogen-bond acceptors (Lipinski definition) is 6. The Balaban J connectivity index is 1.94. The normalized spacial score (nSPS) is 12.1. The van der Waals surface area contributed by atoms with Crippen molar-refractivity contribution in [3.8, 4) is 12.1 Å². The Bertz CT molecular complexity index is 1470. The van der Waals surface area contributed by atoms with Gasteiger partial charge in [0.15, 0.2) is 4.80 Å². The molecule has 1 aromatic heterocycles. The molecule has 0 fully saturated rings. The van der Waals surface area contributed by atoms with Crippen LogP contribution in [0.3, 0.4) is 0 Å². The predicted molar refractivity (Wildman–Crippen MR) is 135 cm³/mol. The van der Waals surface area contributed by atoms with Gasteiger partial charge in [-0.15, -0.1) is 0 Å². The number of amides is 1. The van der Waals surface area contributed by atoms with E-state index in [9.17, 15) is 13.2 Å². The number of benzene rings is 2. The zero-order valence-corrected chi connectivity index (χ0v) is 21.6. The van der Waals surface area contributed by atoms with Crippen LogP contribution < -0.4 is 4.80 Å². The van der Waals surface area contributed by atoms with Crippen LogP contribution in [-0.4, -0.2) is 36.3 Å². The molecule has 0 aliphatic carbocycles. The molecule has 182 valence electrons. The SMILES string of the molecule is CCCn1c(=NC(=O)c2ccc(S(=O)(=O)N(CCC#N)CCC#N)cc2)sc2cc(C)c(C)cc21. The van der Waals surface area contributed by atoms with Gasteiger partial charge in [-0.3, -0.25) is 4.79 Å². The lowest BCUT2D eigenvalue weighted by molar-refractivity contribution is 0.0997. The van der Waals surface area contributed by atoms with E-state index in [-0.39, 0.29) is 36.4 Å². The summed E-state index contributed by atoms with van der Waals surface area (Å²) in [6.45, 7) is 6.91. The number of aromatic nitrogens is 1. The highest BCUT2D eigenvalue weighted by molar-refractivity contribution is 7.89. The molecule has 3 aromatic rings. The minimum absolute atomic E-state index is 0.00112. The molecule has 0 saturated heterocycles. The first-order valence-corrected chi connectivity index (χ1v) is 13.5. The fraction of sp³-hybridized carbons (Fsp3) is 0.360. The number of carbonyl (C=O) groups excluding carboxylic acids is 1. The van der Waals surface area contributed by atoms with E-state index in [1.807, 2.05) is 16.7 Å². The number of nitrogens with zero attached hydrogens (tertiary/aromatic N) is 5. The highest BCUT2D eigenvalue weighted by atomic mass is 32.2. The predicted octanol–water partition coefficient (Wildman–Crippen LogP) is 4.29. The molecular weight excluding hydrogens is 482 g/mol. The molecule has 0 N–H and O–H groups in total. The molecule has 0 bridgehead atoms. The summed E-state index contributed by atoms with van der Waals surface area (Å²) in [5, 5.41) is 17.7. The third-order valence-electron chi connectivity index (χ3n) is 5.63. The van der Waals surface area contributed by atoms with Gasteiger partial charge in [-0.25, -0.2) is 8.42 Å². The smallest absolute Gasteiger partial charge is 0.279 e. The summed E-state index contributed by atoms with van der Waals surface area (Å²) in [4.78, 5) is 17.9. The van der Waals surface area contributed by atoms with Crippen LogP contribution in [0.2, 0.25) is 0 Å². The van der Waals surface area contributed by atoms with Gasteiger partial charge in [-0.2, -0.15) is 19.8 Å². The van der Waals surface area contributed by atoms with Gasteiger partial charge in [0.25, 0.3) is 5.91 Å². The van der Waals surface area contributed by atoms with Gasteiger partial charge >= 0.3 is 0 Å². The van der Waals surface area contributed by atoms with Crippen molar-refractivity contribution in [3.63, 3.8) is 0 Å². The van der Waals surface area contributed by atoms with Crippen LogP contribution in [0, 0.1) is 36.5 Å². The molecule has 35 heavy (non-hydrogen) atoms. The van der Waals surface area contributed by atoms with Crippen molar-refractivity contribution in [1.82, 2.24) is 8.87 Å². The van der Waals surface area contributed by atoms with Crippen LogP contribution in [0.4, 0.5) is 0 Å². The molecule has 0 saturated carbocycles. The van der Waals surface area contributed by atoms with Crippen LogP contribution in [0.1, 0.15) is 47.7 Å². The van der Waals surface area contributed by atoms with Crippen molar-refractivity contribution in [2.24, 2.45) is 4.99 Å². The Labute approximate surface area is 209 Å². The van der Waals surface area contributed by atoms with Crippen molar-refractivity contribution in [2.75, 3.05) is 13.1 Å². The average molecular weight is 510 g/mol. The van der Waals surface area contributed by atoms with Crippen molar-refractivity contribution in [1.29, 1.82) is 10.5 Å². The van der Waals surface area contributed by atoms with E-state index in [0.717, 1.165) is 27.5 Å². The van der Waals surface area contributed by atoms with Crippen LogP contribution >= 0.6 is 11.3 Å². The lowest BCUT2D eigenvalue weighted by Crippen LogP contribution is -2.32. The van der Waals surface area contributed by atoms with E-state index < -0.39 is 15.9 Å². The summed E-state index contributed by atoms with van der Waals surface area (Å²) in [5.74, 6) is -0.454. The molecule has 8 nitrogen and oxygen atoms in total. The topological polar surface area (TPSA) is 119 Å². The number of aryl methyl sites for hydroxylation is 3. The Morgan fingerprint density at radius 2 is 1.66 bits per heavy atom. The molecule has 10 heteroatoms. The van der Waals surface area contributed by atoms with Crippen LogP contribution in [-0.2, 0) is 16.6 Å². The summed E-state index contributed by atoms with van der Waals surface area (Å²) < 4.78 is 30.2. The molecule has 3 rings (SSSR count). The van der Waals surface area contributed by atoms with Crippen molar-refractivity contribution in [2.45, 2.75) is 51.5 Å². The average Bonchev–Trinajstić information content (AvgIpc) is 3.15. The van der Waals surface area contributed by atoms with Gasteiger partial charge in [0.05, 0.1) is 27.3 Å². The van der Waals surface area contributed by atoms with Gasteiger partial charge in [-0.1, -0.05) is 18.3 Å². The van der Waals surface area contributed by atoms with Crippen LogP contribution in [0.15, 0.2) is 46.3 Å². The van der Waals surface area contributed by atoms with Gasteiger partial charge in [0.2, 0.25) is 10.0 Å². The monoisotopic (exact) mass is 509 g/mol. The molecule has 0 spiro atoms. The van der Waals surface area contributed by atoms with E-state index in [4.69, 9.17) is 10.5 Å². The summed E-state index contributed by atoms with van der Waals surface area (Å²) in [6.07, 6.45) is 0.930. The largest absolute Gasteiger partial charge is 0.316 e. The van der Waals surface area contributed by atoms with Gasteiger partial charge in [0.1, 0.15) is 0 Å². The van der Waals surface area contributed by atoms with Crippen molar-refractivity contribution >= 4 is 37.5 Å². The Morgan fingerprint density at radius 3 is 2.23 bits per heavy atom. The standard InChI is InChI=1S/C25H27N5O3S2/c1-4-13-30-22-16-18(2)19(3)17-23(22)34-25(30)28-24(31)20-7-9-21(10-8-20)35(32,33)29(14-5-11-26)15-6-12-27/h7-10,16-17H,4-6,13-15H2,1-3H3. The Morgan fingerprint density at radius 1 is 1.06 bits per heavy atom. The molecule has 0 aliphatic heterocycles. The fourth-order valence-electron chi connectivity index (χ4n) is 3.62. The van der Waals surface area contributed by atoms with E-state index in [1.165, 1.54) is 46.7 Å². The van der Waals surface area contributed by atoms with Crippen LogP contribution in [0.5, 0.6) is 0 Å². The van der Waals surface area contributed by atoms with Crippen molar-refractivity contribution < 1.29 is 13.2 Å². The van der Waals surface area contributed by atoms with Crippen molar-refractivity contribution in [3.05, 3.63) is 57.9 Å². The van der Waals surface area contributed by atoms with E-state index in [2.05, 4.69) is 37.9 Å². The van der Waals surface area contributed by atoms with E-state index >= 15 is 0 Å². The fourth-order valence-corrected chi connectivity index (χ4v) is 6.19. The molecule has 1 heterocycles. The number of nitriles is 2.